The molecule has 0 N–H and O–H groups in total. The highest BCUT2D eigenvalue weighted by Gasteiger charge is 2.23. The lowest BCUT2D eigenvalue weighted by Gasteiger charge is -2.35. The number of piperidine rings is 1. The van der Waals surface area contributed by atoms with E-state index in [9.17, 15) is 0 Å². The van der Waals surface area contributed by atoms with E-state index in [-0.39, 0.29) is 0 Å². The lowest BCUT2D eigenvalue weighted by atomic mass is 9.80. The Hall–Kier alpha value is -0.0400. The zero-order valence-corrected chi connectivity index (χ0v) is 11.3. The number of hydrogen-bond acceptors (Lipinski definition) is 1. The first kappa shape index (κ1) is 13.0. The molecule has 1 nitrogen and oxygen atoms in total. The molecule has 1 rings (SSSR count). The van der Waals surface area contributed by atoms with Gasteiger partial charge in [0.2, 0.25) is 0 Å². The van der Waals surface area contributed by atoms with Crippen molar-refractivity contribution in [3.05, 3.63) is 0 Å². The Bertz CT molecular complexity index is 170. The topological polar surface area (TPSA) is 3.24 Å². The Kier molecular flexibility index (Phi) is 4.64. The van der Waals surface area contributed by atoms with Crippen LogP contribution in [0.4, 0.5) is 0 Å². The van der Waals surface area contributed by atoms with Crippen LogP contribution in [0.25, 0.3) is 0 Å². The van der Waals surface area contributed by atoms with E-state index in [1.165, 1.54) is 38.9 Å². The van der Waals surface area contributed by atoms with Crippen LogP contribution in [-0.2, 0) is 0 Å². The fraction of sp³-hybridized carbons (Fsp3) is 1.00. The summed E-state index contributed by atoms with van der Waals surface area (Å²) in [4.78, 5) is 2.64. The third kappa shape index (κ3) is 5.55. The molecule has 0 bridgehead atoms. The number of hydrogen-bond donors (Lipinski definition) is 0. The van der Waals surface area contributed by atoms with Crippen LogP contribution in [0.3, 0.4) is 0 Å². The Morgan fingerprint density at radius 3 is 2.07 bits per heavy atom. The highest BCUT2D eigenvalue weighted by Crippen LogP contribution is 2.30. The number of nitrogens with zero attached hydrogens (tertiary/aromatic N) is 1. The zero-order valence-electron chi connectivity index (χ0n) is 11.3. The van der Waals surface area contributed by atoms with Crippen LogP contribution < -0.4 is 0 Å². The molecule has 0 aromatic heterocycles. The monoisotopic (exact) mass is 211 g/mol. The van der Waals surface area contributed by atoms with E-state index >= 15 is 0 Å². The second-order valence-electron chi connectivity index (χ2n) is 6.90. The van der Waals surface area contributed by atoms with E-state index in [1.54, 1.807) is 0 Å². The molecule has 15 heavy (non-hydrogen) atoms. The smallest absolute Gasteiger partial charge is 0.000439 e. The summed E-state index contributed by atoms with van der Waals surface area (Å²) >= 11 is 0. The molecule has 1 saturated heterocycles. The van der Waals surface area contributed by atoms with Crippen molar-refractivity contribution in [2.75, 3.05) is 19.6 Å². The molecule has 1 fully saturated rings. The molecule has 1 aliphatic rings. The third-order valence-electron chi connectivity index (χ3n) is 3.23. The molecule has 1 heteroatoms. The largest absolute Gasteiger partial charge is 0.303 e. The summed E-state index contributed by atoms with van der Waals surface area (Å²) in [6.45, 7) is 15.7. The van der Waals surface area contributed by atoms with Gasteiger partial charge in [-0.3, -0.25) is 0 Å². The van der Waals surface area contributed by atoms with Gasteiger partial charge in [-0.2, -0.15) is 0 Å². The maximum absolute atomic E-state index is 2.64. The minimum atomic E-state index is 0.519. The summed E-state index contributed by atoms with van der Waals surface area (Å²) < 4.78 is 0. The molecule has 0 unspecified atom stereocenters. The van der Waals surface area contributed by atoms with Crippen LogP contribution in [0.15, 0.2) is 0 Å². The van der Waals surface area contributed by atoms with Crippen molar-refractivity contribution in [2.45, 2.75) is 53.9 Å². The van der Waals surface area contributed by atoms with Crippen molar-refractivity contribution >= 4 is 0 Å². The van der Waals surface area contributed by atoms with Gasteiger partial charge in [-0.1, -0.05) is 34.6 Å². The molecular weight excluding hydrogens is 182 g/mol. The van der Waals surface area contributed by atoms with Crippen LogP contribution >= 0.6 is 0 Å². The molecule has 1 heterocycles. The van der Waals surface area contributed by atoms with Crippen LogP contribution in [0.5, 0.6) is 0 Å². The van der Waals surface area contributed by atoms with Crippen LogP contribution in [0.1, 0.15) is 53.9 Å². The predicted octanol–water partition coefficient (Wildman–Crippen LogP) is 3.79. The second-order valence-corrected chi connectivity index (χ2v) is 6.90. The maximum Gasteiger partial charge on any atom is 0.000439 e. The fourth-order valence-electron chi connectivity index (χ4n) is 2.76. The van der Waals surface area contributed by atoms with Gasteiger partial charge < -0.3 is 4.90 Å². The maximum atomic E-state index is 2.64. The minimum Gasteiger partial charge on any atom is -0.303 e. The average molecular weight is 211 g/mol. The van der Waals surface area contributed by atoms with Gasteiger partial charge in [0.25, 0.3) is 0 Å². The highest BCUT2D eigenvalue weighted by atomic mass is 15.1. The Morgan fingerprint density at radius 1 is 1.13 bits per heavy atom. The summed E-state index contributed by atoms with van der Waals surface area (Å²) in [7, 11) is 0. The molecule has 0 spiro atoms. The first-order valence-corrected chi connectivity index (χ1v) is 6.59. The van der Waals surface area contributed by atoms with E-state index < -0.39 is 0 Å². The van der Waals surface area contributed by atoms with Gasteiger partial charge in [0.15, 0.2) is 0 Å². The third-order valence-corrected chi connectivity index (χ3v) is 3.23. The van der Waals surface area contributed by atoms with Crippen molar-refractivity contribution in [2.24, 2.45) is 17.3 Å². The SMILES string of the molecule is CC(C)CN1CCC(CC(C)(C)C)CC1. The summed E-state index contributed by atoms with van der Waals surface area (Å²) in [5, 5.41) is 0. The molecule has 90 valence electrons. The first-order valence-electron chi connectivity index (χ1n) is 6.59. The number of rotatable bonds is 3. The quantitative estimate of drug-likeness (QED) is 0.686. The normalized spacial score (nSPS) is 21.2. The summed E-state index contributed by atoms with van der Waals surface area (Å²) in [5.74, 6) is 1.80. The zero-order chi connectivity index (χ0) is 11.5. The molecule has 0 radical (unpaired) electrons. The molecule has 0 aliphatic carbocycles. The second kappa shape index (κ2) is 5.34. The lowest BCUT2D eigenvalue weighted by molar-refractivity contribution is 0.141. The van der Waals surface area contributed by atoms with Crippen LogP contribution in [0.2, 0.25) is 0 Å². The highest BCUT2D eigenvalue weighted by molar-refractivity contribution is 4.76. The van der Waals surface area contributed by atoms with E-state index in [2.05, 4.69) is 39.5 Å². The van der Waals surface area contributed by atoms with Crippen LogP contribution in [-0.4, -0.2) is 24.5 Å². The van der Waals surface area contributed by atoms with Crippen molar-refractivity contribution < 1.29 is 0 Å². The summed E-state index contributed by atoms with van der Waals surface area (Å²) in [6.07, 6.45) is 4.25. The van der Waals surface area contributed by atoms with Crippen molar-refractivity contribution in [3.8, 4) is 0 Å². The van der Waals surface area contributed by atoms with Crippen molar-refractivity contribution in [3.63, 3.8) is 0 Å². The van der Waals surface area contributed by atoms with Gasteiger partial charge in [0, 0.05) is 6.54 Å². The Labute approximate surface area is 96.2 Å². The van der Waals surface area contributed by atoms with Crippen molar-refractivity contribution in [1.82, 2.24) is 4.90 Å². The van der Waals surface area contributed by atoms with E-state index in [0.717, 1.165) is 11.8 Å². The van der Waals surface area contributed by atoms with Crippen molar-refractivity contribution in [1.29, 1.82) is 0 Å². The molecule has 0 atom stereocenters. The standard InChI is InChI=1S/C14H29N/c1-12(2)11-15-8-6-13(7-9-15)10-14(3,4)5/h12-13H,6-11H2,1-5H3. The van der Waals surface area contributed by atoms with Gasteiger partial charge in [0.05, 0.1) is 0 Å². The van der Waals surface area contributed by atoms with Crippen LogP contribution in [0, 0.1) is 17.3 Å². The van der Waals surface area contributed by atoms with Gasteiger partial charge in [-0.25, -0.2) is 0 Å². The fourth-order valence-corrected chi connectivity index (χ4v) is 2.76. The van der Waals surface area contributed by atoms with Gasteiger partial charge in [-0.05, 0) is 49.6 Å². The van der Waals surface area contributed by atoms with E-state index in [4.69, 9.17) is 0 Å². The van der Waals surface area contributed by atoms with Gasteiger partial charge >= 0.3 is 0 Å². The molecule has 0 saturated carbocycles. The number of likely N-dealkylation sites (tertiary alicyclic amines) is 1. The van der Waals surface area contributed by atoms with Gasteiger partial charge in [-0.15, -0.1) is 0 Å². The lowest BCUT2D eigenvalue weighted by Crippen LogP contribution is -2.37. The van der Waals surface area contributed by atoms with E-state index in [0.29, 0.717) is 5.41 Å². The Balaban J connectivity index is 2.24. The summed E-state index contributed by atoms with van der Waals surface area (Å²) in [5.41, 5.74) is 0.519. The summed E-state index contributed by atoms with van der Waals surface area (Å²) in [6, 6.07) is 0. The minimum absolute atomic E-state index is 0.519. The molecule has 0 aromatic carbocycles. The predicted molar refractivity (Wildman–Crippen MR) is 68.1 cm³/mol. The average Bonchev–Trinajstić information content (AvgIpc) is 2.05. The molecule has 0 aromatic rings. The molecule has 1 aliphatic heterocycles. The van der Waals surface area contributed by atoms with E-state index in [1.807, 2.05) is 0 Å². The first-order chi connectivity index (χ1) is 6.87. The molecular formula is C14H29N. The molecule has 0 amide bonds. The Morgan fingerprint density at radius 2 is 1.67 bits per heavy atom. The van der Waals surface area contributed by atoms with Gasteiger partial charge in [0.1, 0.15) is 0 Å².